The summed E-state index contributed by atoms with van der Waals surface area (Å²) in [4.78, 5) is 15.6. The number of benzene rings is 1. The van der Waals surface area contributed by atoms with Crippen molar-refractivity contribution in [1.29, 1.82) is 0 Å². The quantitative estimate of drug-likeness (QED) is 0.901. The van der Waals surface area contributed by atoms with Crippen LogP contribution in [0.15, 0.2) is 18.2 Å². The molecule has 0 aliphatic carbocycles. The second-order valence-electron chi connectivity index (χ2n) is 4.94. The molecule has 0 radical (unpaired) electrons. The van der Waals surface area contributed by atoms with Crippen molar-refractivity contribution in [2.75, 3.05) is 38.1 Å². The van der Waals surface area contributed by atoms with Gasteiger partial charge >= 0.3 is 5.97 Å². The molecule has 19 heavy (non-hydrogen) atoms. The highest BCUT2D eigenvalue weighted by atomic mass is 35.5. The minimum Gasteiger partial charge on any atom is -0.478 e. The van der Waals surface area contributed by atoms with Crippen LogP contribution in [0.3, 0.4) is 0 Å². The van der Waals surface area contributed by atoms with Crippen molar-refractivity contribution in [3.8, 4) is 0 Å². The van der Waals surface area contributed by atoms with Gasteiger partial charge in [0.05, 0.1) is 11.3 Å². The number of aromatic carboxylic acids is 1. The number of carboxylic acid groups (broad SMARTS) is 1. The lowest BCUT2D eigenvalue weighted by Crippen LogP contribution is -2.32. The van der Waals surface area contributed by atoms with E-state index in [4.69, 9.17) is 11.6 Å². The number of hydrogen-bond donors (Lipinski definition) is 1. The summed E-state index contributed by atoms with van der Waals surface area (Å²) in [7, 11) is 1.92. The van der Waals surface area contributed by atoms with Crippen molar-refractivity contribution >= 4 is 23.3 Å². The summed E-state index contributed by atoms with van der Waals surface area (Å²) in [5.74, 6) is -0.939. The normalized spacial score (nSPS) is 15.7. The zero-order valence-corrected chi connectivity index (χ0v) is 11.9. The topological polar surface area (TPSA) is 43.8 Å². The average molecular weight is 283 g/mol. The Balaban J connectivity index is 2.05. The summed E-state index contributed by atoms with van der Waals surface area (Å²) in [5.41, 5.74) is 0.979. The van der Waals surface area contributed by atoms with Gasteiger partial charge in [-0.15, -0.1) is 0 Å². The van der Waals surface area contributed by atoms with E-state index in [9.17, 15) is 9.90 Å². The van der Waals surface area contributed by atoms with E-state index in [0.29, 0.717) is 5.02 Å². The van der Waals surface area contributed by atoms with Gasteiger partial charge in [-0.1, -0.05) is 11.6 Å². The second kappa shape index (κ2) is 6.26. The lowest BCUT2D eigenvalue weighted by Gasteiger charge is -2.24. The molecule has 0 spiro atoms. The van der Waals surface area contributed by atoms with Crippen LogP contribution in [0.25, 0.3) is 0 Å². The van der Waals surface area contributed by atoms with Crippen LogP contribution in [0, 0.1) is 0 Å². The maximum Gasteiger partial charge on any atom is 0.337 e. The Morgan fingerprint density at radius 3 is 2.74 bits per heavy atom. The molecule has 1 fully saturated rings. The Labute approximate surface area is 118 Å². The van der Waals surface area contributed by atoms with E-state index in [1.165, 1.54) is 18.9 Å². The van der Waals surface area contributed by atoms with E-state index in [-0.39, 0.29) is 5.56 Å². The van der Waals surface area contributed by atoms with Crippen molar-refractivity contribution in [2.24, 2.45) is 0 Å². The molecule has 104 valence electrons. The molecule has 1 N–H and O–H groups in total. The van der Waals surface area contributed by atoms with E-state index in [0.717, 1.165) is 31.9 Å². The summed E-state index contributed by atoms with van der Waals surface area (Å²) in [6.07, 6.45) is 2.54. The number of likely N-dealkylation sites (tertiary alicyclic amines) is 1. The predicted octanol–water partition coefficient (Wildman–Crippen LogP) is 2.57. The third-order valence-corrected chi connectivity index (χ3v) is 3.79. The lowest BCUT2D eigenvalue weighted by atomic mass is 10.1. The van der Waals surface area contributed by atoms with Crippen LogP contribution < -0.4 is 4.90 Å². The molecule has 0 amide bonds. The fourth-order valence-electron chi connectivity index (χ4n) is 2.43. The summed E-state index contributed by atoms with van der Waals surface area (Å²) in [5, 5.41) is 9.68. The molecule has 0 aromatic heterocycles. The van der Waals surface area contributed by atoms with Crippen LogP contribution in [0.1, 0.15) is 23.2 Å². The Hall–Kier alpha value is -1.26. The zero-order valence-electron chi connectivity index (χ0n) is 11.1. The highest BCUT2D eigenvalue weighted by molar-refractivity contribution is 6.31. The molecule has 1 aromatic carbocycles. The summed E-state index contributed by atoms with van der Waals surface area (Å²) < 4.78 is 0. The number of hydrogen-bond acceptors (Lipinski definition) is 3. The van der Waals surface area contributed by atoms with Gasteiger partial charge in [-0.05, 0) is 44.1 Å². The predicted molar refractivity (Wildman–Crippen MR) is 77.4 cm³/mol. The number of halogens is 1. The smallest absolute Gasteiger partial charge is 0.337 e. The van der Waals surface area contributed by atoms with Gasteiger partial charge in [0.2, 0.25) is 0 Å². The molecule has 1 saturated heterocycles. The van der Waals surface area contributed by atoms with Crippen LogP contribution >= 0.6 is 11.6 Å². The maximum atomic E-state index is 11.2. The molecular formula is C14H19ClN2O2. The van der Waals surface area contributed by atoms with E-state index in [1.807, 2.05) is 11.9 Å². The van der Waals surface area contributed by atoms with Gasteiger partial charge in [-0.2, -0.15) is 0 Å². The largest absolute Gasteiger partial charge is 0.478 e. The number of anilines is 1. The number of nitrogens with zero attached hydrogens (tertiary/aromatic N) is 2. The molecule has 2 rings (SSSR count). The van der Waals surface area contributed by atoms with E-state index in [2.05, 4.69) is 4.90 Å². The monoisotopic (exact) mass is 282 g/mol. The van der Waals surface area contributed by atoms with Gasteiger partial charge in [0, 0.05) is 25.2 Å². The van der Waals surface area contributed by atoms with E-state index in [1.54, 1.807) is 12.1 Å². The van der Waals surface area contributed by atoms with Crippen molar-refractivity contribution in [3.05, 3.63) is 28.8 Å². The van der Waals surface area contributed by atoms with Crippen molar-refractivity contribution < 1.29 is 9.90 Å². The first-order chi connectivity index (χ1) is 9.08. The standard InChI is InChI=1S/C14H19ClN2O2/c1-16(8-9-17-6-2-3-7-17)13-5-4-11(15)10-12(13)14(18)19/h4-5,10H,2-3,6-9H2,1H3,(H,18,19). The Morgan fingerprint density at radius 2 is 2.11 bits per heavy atom. The molecule has 0 unspecified atom stereocenters. The molecule has 0 bridgehead atoms. The zero-order chi connectivity index (χ0) is 13.8. The highest BCUT2D eigenvalue weighted by Crippen LogP contribution is 2.23. The van der Waals surface area contributed by atoms with Gasteiger partial charge in [-0.25, -0.2) is 4.79 Å². The Bertz CT molecular complexity index is 459. The second-order valence-corrected chi connectivity index (χ2v) is 5.37. The first-order valence-corrected chi connectivity index (χ1v) is 6.92. The number of carboxylic acids is 1. The van der Waals surface area contributed by atoms with E-state index >= 15 is 0 Å². The van der Waals surface area contributed by atoms with Crippen molar-refractivity contribution in [1.82, 2.24) is 4.90 Å². The molecule has 0 atom stereocenters. The fraction of sp³-hybridized carbons (Fsp3) is 0.500. The van der Waals surface area contributed by atoms with Crippen LogP contribution in [0.5, 0.6) is 0 Å². The molecule has 1 heterocycles. The minimum atomic E-state index is -0.939. The summed E-state index contributed by atoms with van der Waals surface area (Å²) in [6.45, 7) is 4.10. The van der Waals surface area contributed by atoms with Gasteiger partial charge in [0.1, 0.15) is 0 Å². The minimum absolute atomic E-state index is 0.261. The summed E-state index contributed by atoms with van der Waals surface area (Å²) >= 11 is 5.86. The van der Waals surface area contributed by atoms with Crippen LogP contribution in [0.4, 0.5) is 5.69 Å². The Kier molecular flexibility index (Phi) is 4.66. The van der Waals surface area contributed by atoms with Gasteiger partial charge in [0.25, 0.3) is 0 Å². The van der Waals surface area contributed by atoms with Crippen LogP contribution in [-0.4, -0.2) is 49.2 Å². The molecule has 1 aromatic rings. The van der Waals surface area contributed by atoms with Gasteiger partial charge < -0.3 is 14.9 Å². The summed E-state index contributed by atoms with van der Waals surface area (Å²) in [6, 6.07) is 5.01. The van der Waals surface area contributed by atoms with Gasteiger partial charge in [0.15, 0.2) is 0 Å². The molecular weight excluding hydrogens is 264 g/mol. The first kappa shape index (κ1) is 14.2. The van der Waals surface area contributed by atoms with E-state index < -0.39 is 5.97 Å². The maximum absolute atomic E-state index is 11.2. The lowest BCUT2D eigenvalue weighted by molar-refractivity contribution is 0.0697. The molecule has 5 heteroatoms. The third-order valence-electron chi connectivity index (χ3n) is 3.55. The third kappa shape index (κ3) is 3.61. The number of carbonyl (C=O) groups is 1. The number of rotatable bonds is 5. The van der Waals surface area contributed by atoms with Gasteiger partial charge in [-0.3, -0.25) is 0 Å². The van der Waals surface area contributed by atoms with Crippen LogP contribution in [0.2, 0.25) is 5.02 Å². The molecule has 1 aliphatic rings. The Morgan fingerprint density at radius 1 is 1.42 bits per heavy atom. The molecule has 0 saturated carbocycles. The SMILES string of the molecule is CN(CCN1CCCC1)c1ccc(Cl)cc1C(=O)O. The van der Waals surface area contributed by atoms with Crippen molar-refractivity contribution in [2.45, 2.75) is 12.8 Å². The molecule has 4 nitrogen and oxygen atoms in total. The fourth-order valence-corrected chi connectivity index (χ4v) is 2.60. The van der Waals surface area contributed by atoms with Crippen LogP contribution in [-0.2, 0) is 0 Å². The highest BCUT2D eigenvalue weighted by Gasteiger charge is 2.16. The average Bonchev–Trinajstić information content (AvgIpc) is 2.88. The van der Waals surface area contributed by atoms with Crippen molar-refractivity contribution in [3.63, 3.8) is 0 Å². The first-order valence-electron chi connectivity index (χ1n) is 6.54. The number of likely N-dealkylation sites (N-methyl/N-ethyl adjacent to an activating group) is 1. The molecule has 1 aliphatic heterocycles.